The molecule has 2 atom stereocenters. The maximum absolute atomic E-state index is 12.4. The number of nitrogens with zero attached hydrogens (tertiary/aromatic N) is 1. The smallest absolute Gasteiger partial charge is 0.242 e. The van der Waals surface area contributed by atoms with Crippen molar-refractivity contribution < 1.29 is 9.59 Å². The molecule has 2 unspecified atom stereocenters. The van der Waals surface area contributed by atoms with E-state index in [4.69, 9.17) is 0 Å². The van der Waals surface area contributed by atoms with Crippen LogP contribution in [0.1, 0.15) is 45.7 Å². The fourth-order valence-corrected chi connectivity index (χ4v) is 3.17. The molecule has 0 spiro atoms. The van der Waals surface area contributed by atoms with E-state index in [2.05, 4.69) is 60.6 Å². The molecule has 0 fully saturated rings. The molecule has 1 aromatic rings. The molecule has 138 valence electrons. The van der Waals surface area contributed by atoms with Gasteiger partial charge in [0.25, 0.3) is 0 Å². The van der Waals surface area contributed by atoms with Crippen LogP contribution in [0.25, 0.3) is 0 Å². The van der Waals surface area contributed by atoms with Gasteiger partial charge in [-0.3, -0.25) is 14.5 Å². The van der Waals surface area contributed by atoms with Crippen molar-refractivity contribution in [1.29, 1.82) is 0 Å². The van der Waals surface area contributed by atoms with Crippen LogP contribution in [0.2, 0.25) is 0 Å². The molecule has 0 bridgehead atoms. The van der Waals surface area contributed by atoms with E-state index in [9.17, 15) is 9.59 Å². The Morgan fingerprint density at radius 2 is 1.80 bits per heavy atom. The Bertz CT molecular complexity index is 622. The number of hydrogen-bond acceptors (Lipinski definition) is 3. The summed E-state index contributed by atoms with van der Waals surface area (Å²) in [6.45, 7) is 12.3. The molecule has 1 aliphatic rings. The molecule has 0 saturated heterocycles. The van der Waals surface area contributed by atoms with Crippen molar-refractivity contribution in [2.24, 2.45) is 5.41 Å². The first-order valence-corrected chi connectivity index (χ1v) is 9.03. The highest BCUT2D eigenvalue weighted by molar-refractivity contribution is 5.86. The summed E-state index contributed by atoms with van der Waals surface area (Å²) in [6.07, 6.45) is 1.04. The predicted molar refractivity (Wildman–Crippen MR) is 100 cm³/mol. The first-order valence-electron chi connectivity index (χ1n) is 9.03. The fraction of sp³-hybridized carbons (Fsp3) is 0.600. The molecule has 0 radical (unpaired) electrons. The summed E-state index contributed by atoms with van der Waals surface area (Å²) in [4.78, 5) is 26.0. The van der Waals surface area contributed by atoms with Crippen molar-refractivity contribution in [2.75, 3.05) is 13.1 Å². The third kappa shape index (κ3) is 5.56. The Morgan fingerprint density at radius 1 is 1.16 bits per heavy atom. The van der Waals surface area contributed by atoms with Crippen molar-refractivity contribution in [2.45, 2.75) is 59.7 Å². The standard InChI is InChI=1S/C20H31N3O2/c1-14(21-15(2)24)19(25)22-18(20(3,4)5)13-23-11-10-16-8-6-7-9-17(16)12-23/h6-9,14,18H,10-13H2,1-5H3,(H,21,24)(H,22,25). The predicted octanol–water partition coefficient (Wildman–Crippen LogP) is 2.10. The number of amides is 2. The molecule has 1 aliphatic heterocycles. The SMILES string of the molecule is CC(=O)NC(C)C(=O)NC(CN1CCc2ccccc2C1)C(C)(C)C. The number of hydrogen-bond donors (Lipinski definition) is 2. The molecule has 2 amide bonds. The highest BCUT2D eigenvalue weighted by Gasteiger charge is 2.30. The van der Waals surface area contributed by atoms with Gasteiger partial charge in [-0.15, -0.1) is 0 Å². The van der Waals surface area contributed by atoms with Gasteiger partial charge in [0.05, 0.1) is 0 Å². The van der Waals surface area contributed by atoms with Crippen molar-refractivity contribution in [1.82, 2.24) is 15.5 Å². The Hall–Kier alpha value is -1.88. The summed E-state index contributed by atoms with van der Waals surface area (Å²) in [5, 5.41) is 5.79. The Morgan fingerprint density at radius 3 is 2.40 bits per heavy atom. The van der Waals surface area contributed by atoms with Gasteiger partial charge in [0.1, 0.15) is 6.04 Å². The van der Waals surface area contributed by atoms with Crippen LogP contribution in [0.4, 0.5) is 0 Å². The quantitative estimate of drug-likeness (QED) is 0.859. The minimum absolute atomic E-state index is 0.0153. The molecule has 5 nitrogen and oxygen atoms in total. The maximum atomic E-state index is 12.4. The molecule has 2 rings (SSSR count). The van der Waals surface area contributed by atoms with E-state index in [-0.39, 0.29) is 23.3 Å². The summed E-state index contributed by atoms with van der Waals surface area (Å²) in [7, 11) is 0. The van der Waals surface area contributed by atoms with Crippen molar-refractivity contribution in [3.63, 3.8) is 0 Å². The number of benzene rings is 1. The number of carbonyl (C=O) groups excluding carboxylic acids is 2. The monoisotopic (exact) mass is 345 g/mol. The normalized spacial score (nSPS) is 17.3. The number of rotatable bonds is 5. The molecule has 1 aromatic carbocycles. The largest absolute Gasteiger partial charge is 0.350 e. The van der Waals surface area contributed by atoms with Crippen LogP contribution in [-0.4, -0.2) is 41.9 Å². The zero-order chi connectivity index (χ0) is 18.6. The summed E-state index contributed by atoms with van der Waals surface area (Å²) in [6, 6.07) is 8.05. The zero-order valence-corrected chi connectivity index (χ0v) is 16.1. The molecule has 0 saturated carbocycles. The summed E-state index contributed by atoms with van der Waals surface area (Å²) in [5.41, 5.74) is 2.73. The van der Waals surface area contributed by atoms with E-state index >= 15 is 0 Å². The molecule has 0 aliphatic carbocycles. The minimum atomic E-state index is -0.524. The fourth-order valence-electron chi connectivity index (χ4n) is 3.17. The highest BCUT2D eigenvalue weighted by Crippen LogP contribution is 2.24. The Balaban J connectivity index is 2.02. The van der Waals surface area contributed by atoms with Crippen molar-refractivity contribution in [3.05, 3.63) is 35.4 Å². The Labute approximate surface area is 151 Å². The number of carbonyl (C=O) groups is 2. The van der Waals surface area contributed by atoms with Crippen LogP contribution < -0.4 is 10.6 Å². The molecule has 5 heteroatoms. The molecule has 0 aromatic heterocycles. The van der Waals surface area contributed by atoms with E-state index in [0.29, 0.717) is 0 Å². The van der Waals surface area contributed by atoms with Crippen LogP contribution in [0.5, 0.6) is 0 Å². The average molecular weight is 345 g/mol. The van der Waals surface area contributed by atoms with E-state index in [0.717, 1.165) is 26.1 Å². The lowest BCUT2D eigenvalue weighted by atomic mass is 9.85. The van der Waals surface area contributed by atoms with Gasteiger partial charge >= 0.3 is 0 Å². The molecule has 2 N–H and O–H groups in total. The lowest BCUT2D eigenvalue weighted by Crippen LogP contribution is -2.55. The second kappa shape index (κ2) is 8.00. The molecule has 25 heavy (non-hydrogen) atoms. The first kappa shape index (κ1) is 19.4. The van der Waals surface area contributed by atoms with E-state index < -0.39 is 6.04 Å². The Kier molecular flexibility index (Phi) is 6.22. The summed E-state index contributed by atoms with van der Waals surface area (Å²) < 4.78 is 0. The van der Waals surface area contributed by atoms with Crippen LogP contribution in [0, 0.1) is 5.41 Å². The highest BCUT2D eigenvalue weighted by atomic mass is 16.2. The topological polar surface area (TPSA) is 61.4 Å². The van der Waals surface area contributed by atoms with Crippen LogP contribution >= 0.6 is 0 Å². The van der Waals surface area contributed by atoms with Gasteiger partial charge in [-0.25, -0.2) is 0 Å². The molecular formula is C20H31N3O2. The van der Waals surface area contributed by atoms with Crippen LogP contribution in [-0.2, 0) is 22.6 Å². The molecule has 1 heterocycles. The minimum Gasteiger partial charge on any atom is -0.350 e. The van der Waals surface area contributed by atoms with Crippen molar-refractivity contribution >= 4 is 11.8 Å². The van der Waals surface area contributed by atoms with E-state index in [1.165, 1.54) is 18.1 Å². The zero-order valence-electron chi connectivity index (χ0n) is 16.1. The van der Waals surface area contributed by atoms with Gasteiger partial charge in [0, 0.05) is 32.6 Å². The third-order valence-corrected chi connectivity index (χ3v) is 4.83. The van der Waals surface area contributed by atoms with Crippen molar-refractivity contribution in [3.8, 4) is 0 Å². The first-order chi connectivity index (χ1) is 11.7. The van der Waals surface area contributed by atoms with E-state index in [1.54, 1.807) is 6.92 Å². The van der Waals surface area contributed by atoms with Gasteiger partial charge in [-0.05, 0) is 29.9 Å². The second-order valence-electron chi connectivity index (χ2n) is 8.10. The maximum Gasteiger partial charge on any atom is 0.242 e. The van der Waals surface area contributed by atoms with Crippen LogP contribution in [0.15, 0.2) is 24.3 Å². The second-order valence-corrected chi connectivity index (χ2v) is 8.10. The van der Waals surface area contributed by atoms with Crippen LogP contribution in [0.3, 0.4) is 0 Å². The van der Waals surface area contributed by atoms with Gasteiger partial charge in [-0.1, -0.05) is 45.0 Å². The average Bonchev–Trinajstić information content (AvgIpc) is 2.52. The number of fused-ring (bicyclic) bond motifs is 1. The lowest BCUT2D eigenvalue weighted by Gasteiger charge is -2.38. The van der Waals surface area contributed by atoms with Gasteiger partial charge < -0.3 is 10.6 Å². The van der Waals surface area contributed by atoms with Gasteiger partial charge in [0.2, 0.25) is 11.8 Å². The summed E-state index contributed by atoms with van der Waals surface area (Å²) in [5.74, 6) is -0.324. The third-order valence-electron chi connectivity index (χ3n) is 4.83. The number of nitrogens with one attached hydrogen (secondary N) is 2. The summed E-state index contributed by atoms with van der Waals surface area (Å²) >= 11 is 0. The van der Waals surface area contributed by atoms with Gasteiger partial charge in [-0.2, -0.15) is 0 Å². The lowest BCUT2D eigenvalue weighted by molar-refractivity contribution is -0.128. The molecular weight excluding hydrogens is 314 g/mol. The van der Waals surface area contributed by atoms with Gasteiger partial charge in [0.15, 0.2) is 0 Å². The van der Waals surface area contributed by atoms with E-state index in [1.807, 2.05) is 0 Å².